The Morgan fingerprint density at radius 3 is 2.28 bits per heavy atom. The van der Waals surface area contributed by atoms with E-state index >= 15 is 0 Å². The number of hydrogen-bond donors (Lipinski definition) is 2. The van der Waals surface area contributed by atoms with Gasteiger partial charge in [0.25, 0.3) is 17.7 Å². The molecular weight excluding hydrogens is 817 g/mol. The van der Waals surface area contributed by atoms with Crippen LogP contribution < -0.4 is 29.7 Å². The number of anilines is 1. The van der Waals surface area contributed by atoms with Gasteiger partial charge in [0.1, 0.15) is 53.1 Å². The summed E-state index contributed by atoms with van der Waals surface area (Å²) in [6, 6.07) is 11.8. The van der Waals surface area contributed by atoms with Crippen LogP contribution in [0.25, 0.3) is 0 Å². The van der Waals surface area contributed by atoms with Crippen LogP contribution in [-0.2, 0) is 9.59 Å². The molecule has 3 aliphatic carbocycles. The van der Waals surface area contributed by atoms with Crippen molar-refractivity contribution in [1.29, 1.82) is 5.26 Å². The van der Waals surface area contributed by atoms with Gasteiger partial charge in [0, 0.05) is 79.3 Å². The van der Waals surface area contributed by atoms with Crippen molar-refractivity contribution in [3.05, 3.63) is 71.2 Å². The van der Waals surface area contributed by atoms with Gasteiger partial charge in [-0.2, -0.15) is 5.26 Å². The molecule has 1 spiro atoms. The van der Waals surface area contributed by atoms with Gasteiger partial charge >= 0.3 is 0 Å². The number of benzene rings is 2. The van der Waals surface area contributed by atoms with E-state index in [-0.39, 0.29) is 59.2 Å². The van der Waals surface area contributed by atoms with Crippen molar-refractivity contribution in [3.8, 4) is 23.3 Å². The van der Waals surface area contributed by atoms with E-state index in [0.717, 1.165) is 56.0 Å². The van der Waals surface area contributed by atoms with Crippen LogP contribution >= 0.6 is 0 Å². The van der Waals surface area contributed by atoms with Crippen LogP contribution in [0, 0.1) is 33.5 Å². The molecule has 3 saturated carbocycles. The first kappa shape index (κ1) is 43.2. The minimum Gasteiger partial charge on any atom is -0.495 e. The maximum Gasteiger partial charge on any atom is 0.271 e. The van der Waals surface area contributed by atoms with E-state index in [1.807, 2.05) is 0 Å². The lowest BCUT2D eigenvalue weighted by atomic mass is 9.49. The van der Waals surface area contributed by atoms with Crippen LogP contribution in [0.3, 0.4) is 0 Å². The lowest BCUT2D eigenvalue weighted by molar-refractivity contribution is -0.164. The average Bonchev–Trinajstić information content (AvgIpc) is 3.46. The first-order chi connectivity index (χ1) is 30.4. The molecule has 1 aromatic heterocycles. The number of nitriles is 1. The van der Waals surface area contributed by atoms with E-state index < -0.39 is 40.5 Å². The number of imide groups is 2. The minimum absolute atomic E-state index is 0.00959. The number of ether oxygens (including phenoxy) is 3. The molecule has 5 amide bonds. The lowest BCUT2D eigenvalue weighted by Gasteiger charge is -2.63. The van der Waals surface area contributed by atoms with Crippen molar-refractivity contribution < 1.29 is 38.2 Å². The van der Waals surface area contributed by atoms with Crippen molar-refractivity contribution in [2.45, 2.75) is 116 Å². The number of aromatic nitrogens is 2. The normalized spacial score (nSPS) is 26.3. The Balaban J connectivity index is 0.721. The number of fused-ring (bicyclic) bond motifs is 1. The Bertz CT molecular complexity index is 2430. The van der Waals surface area contributed by atoms with Crippen molar-refractivity contribution in [2.75, 3.05) is 31.6 Å². The molecule has 2 saturated heterocycles. The molecule has 0 unspecified atom stereocenters. The summed E-state index contributed by atoms with van der Waals surface area (Å²) in [4.78, 5) is 78.9. The number of nitrogens with one attached hydrogen (secondary N) is 2. The monoisotopic (exact) mass is 872 g/mol. The van der Waals surface area contributed by atoms with E-state index in [1.54, 1.807) is 48.8 Å². The van der Waals surface area contributed by atoms with Gasteiger partial charge in [-0.25, -0.2) is 9.97 Å². The molecule has 6 aliphatic rings. The summed E-state index contributed by atoms with van der Waals surface area (Å²) in [5, 5.41) is 14.8. The SMILES string of the molecule is COc1cc(OC2C(C)(C)C(NC(=O)c3cnc(N4CC5(CC(CN(C(C)C)C6CC(Oc7ccc8c(c7)C(=O)N([C@@H]7CCC(=O)NC7=O)C8=O)C6)C5)C4)cn3)C2(C)C)ccc1C#N. The standard InChI is InChI=1S/C48H56N8O8/c1-26(2)55(29-14-32(15-29)63-30-10-11-33-34(16-30)43(61)56(42(33)60)36-12-13-39(57)52-41(36)59)23-27-18-48(19-27)24-54(25-48)38-22-50-35(21-51-38)40(58)53-44-46(3,4)45(47(44,5)6)64-31-9-8-28(20-49)37(17-31)62-7/h8-11,16-17,21-22,26-27,29,32,36,44-45H,12-15,18-19,23-25H2,1-7H3,(H,53,58)(H,52,57,59)/t29?,32?,36-,44?,45?/m1/s1. The van der Waals surface area contributed by atoms with Crippen LogP contribution in [-0.4, -0.2) is 112 Å². The number of carbonyl (C=O) groups excluding carboxylic acids is 5. The highest BCUT2D eigenvalue weighted by molar-refractivity contribution is 6.23. The average molecular weight is 873 g/mol. The van der Waals surface area contributed by atoms with Gasteiger partial charge in [0.15, 0.2) is 0 Å². The Morgan fingerprint density at radius 2 is 1.64 bits per heavy atom. The van der Waals surface area contributed by atoms with Gasteiger partial charge < -0.3 is 24.4 Å². The molecule has 1 atom stereocenters. The van der Waals surface area contributed by atoms with Crippen LogP contribution in [0.5, 0.6) is 17.2 Å². The lowest BCUT2D eigenvalue weighted by Crippen LogP contribution is -2.74. The van der Waals surface area contributed by atoms with E-state index in [9.17, 15) is 29.2 Å². The smallest absolute Gasteiger partial charge is 0.271 e. The molecular formula is C48H56N8O8. The summed E-state index contributed by atoms with van der Waals surface area (Å²) in [5.74, 6) is 0.573. The highest BCUT2D eigenvalue weighted by atomic mass is 16.5. The summed E-state index contributed by atoms with van der Waals surface area (Å²) < 4.78 is 18.1. The zero-order valence-corrected chi connectivity index (χ0v) is 37.5. The van der Waals surface area contributed by atoms with E-state index in [2.05, 4.69) is 78.0 Å². The molecule has 5 fully saturated rings. The third-order valence-electron chi connectivity index (χ3n) is 14.7. The predicted octanol–water partition coefficient (Wildman–Crippen LogP) is 4.91. The highest BCUT2D eigenvalue weighted by Crippen LogP contribution is 2.56. The fourth-order valence-corrected chi connectivity index (χ4v) is 11.8. The van der Waals surface area contributed by atoms with E-state index in [1.165, 1.54) is 7.11 Å². The third kappa shape index (κ3) is 7.41. The van der Waals surface area contributed by atoms with Gasteiger partial charge in [-0.3, -0.25) is 39.1 Å². The topological polar surface area (TPSA) is 196 Å². The van der Waals surface area contributed by atoms with E-state index in [0.29, 0.717) is 40.8 Å². The molecule has 3 aromatic rings. The molecule has 16 heteroatoms. The van der Waals surface area contributed by atoms with Crippen LogP contribution in [0.2, 0.25) is 0 Å². The molecule has 3 aliphatic heterocycles. The molecule has 0 bridgehead atoms. The Kier molecular flexibility index (Phi) is 10.7. The largest absolute Gasteiger partial charge is 0.495 e. The Labute approximate surface area is 373 Å². The number of amides is 5. The van der Waals surface area contributed by atoms with Gasteiger partial charge in [-0.15, -0.1) is 0 Å². The number of piperidine rings is 1. The summed E-state index contributed by atoms with van der Waals surface area (Å²) >= 11 is 0. The Hall–Kier alpha value is -6.08. The van der Waals surface area contributed by atoms with Crippen LogP contribution in [0.4, 0.5) is 5.82 Å². The fraction of sp³-hybridized carbons (Fsp3) is 0.542. The molecule has 336 valence electrons. The molecule has 2 aromatic carbocycles. The number of carbonyl (C=O) groups is 5. The summed E-state index contributed by atoms with van der Waals surface area (Å²) in [6.07, 6.45) is 7.27. The Morgan fingerprint density at radius 1 is 0.953 bits per heavy atom. The first-order valence-corrected chi connectivity index (χ1v) is 22.3. The summed E-state index contributed by atoms with van der Waals surface area (Å²) in [7, 11) is 1.52. The van der Waals surface area contributed by atoms with Gasteiger partial charge in [0.2, 0.25) is 11.8 Å². The first-order valence-electron chi connectivity index (χ1n) is 22.3. The number of hydrogen-bond acceptors (Lipinski definition) is 13. The van der Waals surface area contributed by atoms with Gasteiger partial charge in [0.05, 0.1) is 36.2 Å². The van der Waals surface area contributed by atoms with Crippen molar-refractivity contribution in [1.82, 2.24) is 30.4 Å². The van der Waals surface area contributed by atoms with E-state index in [4.69, 9.17) is 14.2 Å². The zero-order valence-electron chi connectivity index (χ0n) is 37.5. The second-order valence-corrected chi connectivity index (χ2v) is 20.2. The molecule has 16 nitrogen and oxygen atoms in total. The van der Waals surface area contributed by atoms with Gasteiger partial charge in [-0.1, -0.05) is 27.7 Å². The highest BCUT2D eigenvalue weighted by Gasteiger charge is 2.64. The summed E-state index contributed by atoms with van der Waals surface area (Å²) in [6.45, 7) is 15.6. The molecule has 9 rings (SSSR count). The molecule has 4 heterocycles. The zero-order chi connectivity index (χ0) is 45.5. The fourth-order valence-electron chi connectivity index (χ4n) is 11.8. The van der Waals surface area contributed by atoms with Crippen molar-refractivity contribution in [2.24, 2.45) is 22.2 Å². The second-order valence-electron chi connectivity index (χ2n) is 20.2. The summed E-state index contributed by atoms with van der Waals surface area (Å²) in [5.41, 5.74) is 0.644. The van der Waals surface area contributed by atoms with Crippen LogP contribution in [0.15, 0.2) is 48.8 Å². The van der Waals surface area contributed by atoms with Crippen molar-refractivity contribution in [3.63, 3.8) is 0 Å². The molecule has 0 radical (unpaired) electrons. The predicted molar refractivity (Wildman–Crippen MR) is 233 cm³/mol. The maximum absolute atomic E-state index is 13.5. The number of rotatable bonds is 13. The molecule has 2 N–H and O–H groups in total. The maximum atomic E-state index is 13.5. The number of nitrogens with zero attached hydrogens (tertiary/aromatic N) is 6. The third-order valence-corrected chi connectivity index (χ3v) is 14.7. The quantitative estimate of drug-likeness (QED) is 0.220. The van der Waals surface area contributed by atoms with Crippen LogP contribution in [0.1, 0.15) is 117 Å². The molecule has 64 heavy (non-hydrogen) atoms. The van der Waals surface area contributed by atoms with Crippen molar-refractivity contribution >= 4 is 35.4 Å². The minimum atomic E-state index is -1.00. The number of methoxy groups -OCH3 is 1. The second kappa shape index (κ2) is 15.9. The van der Waals surface area contributed by atoms with Gasteiger partial charge in [-0.05, 0) is 69.4 Å².